The van der Waals surface area contributed by atoms with Gasteiger partial charge in [0, 0.05) is 34.7 Å². The Labute approximate surface area is 203 Å². The minimum atomic E-state index is -0.552. The molecule has 1 aliphatic rings. The van der Waals surface area contributed by atoms with Crippen LogP contribution in [-0.2, 0) is 11.2 Å². The molecular weight excluding hydrogens is 444 g/mol. The smallest absolute Gasteiger partial charge is 0.274 e. The van der Waals surface area contributed by atoms with Gasteiger partial charge in [-0.05, 0) is 75.1 Å². The van der Waals surface area contributed by atoms with Crippen LogP contribution in [0.2, 0.25) is 0 Å². The highest BCUT2D eigenvalue weighted by Crippen LogP contribution is 2.34. The summed E-state index contributed by atoms with van der Waals surface area (Å²) in [7, 11) is 0. The zero-order chi connectivity index (χ0) is 25.1. The van der Waals surface area contributed by atoms with Crippen LogP contribution in [0.1, 0.15) is 60.8 Å². The van der Waals surface area contributed by atoms with Gasteiger partial charge in [-0.2, -0.15) is 0 Å². The quantitative estimate of drug-likeness (QED) is 0.155. The van der Waals surface area contributed by atoms with E-state index in [9.17, 15) is 14.4 Å². The minimum absolute atomic E-state index is 0.159. The Morgan fingerprint density at radius 1 is 1.03 bits per heavy atom. The standard InChI is InChI=1S/C27H28N4O4/c1-15-6-11-22-20(13-15)21(26(33)30-22)14-23-16(2)24(17(3)29-23)27(34)28-12-4-5-18-7-9-19(10-8-18)25(32)31-35/h6-11,13-14,29,35H,4-5,12H2,1-3H3,(H,28,34)(H,30,33)(H,31,32)/b21-14-. The first kappa shape index (κ1) is 24.0. The minimum Gasteiger partial charge on any atom is -0.358 e. The van der Waals surface area contributed by atoms with Crippen LogP contribution in [0.4, 0.5) is 5.69 Å². The molecule has 0 aliphatic carbocycles. The molecule has 35 heavy (non-hydrogen) atoms. The average Bonchev–Trinajstić information content (AvgIpc) is 3.30. The van der Waals surface area contributed by atoms with E-state index in [-0.39, 0.29) is 11.8 Å². The molecule has 3 amide bonds. The second-order valence-corrected chi connectivity index (χ2v) is 8.72. The number of carbonyl (C=O) groups excluding carboxylic acids is 3. The van der Waals surface area contributed by atoms with Crippen molar-refractivity contribution in [2.45, 2.75) is 33.6 Å². The van der Waals surface area contributed by atoms with Crippen molar-refractivity contribution < 1.29 is 19.6 Å². The third-order valence-corrected chi connectivity index (χ3v) is 6.20. The summed E-state index contributed by atoms with van der Waals surface area (Å²) < 4.78 is 0. The van der Waals surface area contributed by atoms with Crippen LogP contribution in [0.5, 0.6) is 0 Å². The third kappa shape index (κ3) is 5.02. The zero-order valence-corrected chi connectivity index (χ0v) is 19.9. The lowest BCUT2D eigenvalue weighted by molar-refractivity contribution is -0.110. The van der Waals surface area contributed by atoms with Crippen molar-refractivity contribution in [2.75, 3.05) is 11.9 Å². The Balaban J connectivity index is 1.41. The van der Waals surface area contributed by atoms with Crippen molar-refractivity contribution in [3.8, 4) is 0 Å². The Morgan fingerprint density at radius 3 is 2.49 bits per heavy atom. The molecule has 0 radical (unpaired) electrons. The van der Waals surface area contributed by atoms with Gasteiger partial charge in [-0.15, -0.1) is 0 Å². The summed E-state index contributed by atoms with van der Waals surface area (Å²) in [6.07, 6.45) is 3.27. The highest BCUT2D eigenvalue weighted by molar-refractivity contribution is 6.35. The summed E-state index contributed by atoms with van der Waals surface area (Å²) in [5.74, 6) is -0.875. The first-order chi connectivity index (χ1) is 16.8. The molecule has 0 saturated heterocycles. The highest BCUT2D eigenvalue weighted by atomic mass is 16.5. The largest absolute Gasteiger partial charge is 0.358 e. The van der Waals surface area contributed by atoms with Crippen molar-refractivity contribution in [3.63, 3.8) is 0 Å². The first-order valence-corrected chi connectivity index (χ1v) is 11.4. The van der Waals surface area contributed by atoms with E-state index in [4.69, 9.17) is 5.21 Å². The van der Waals surface area contributed by atoms with Gasteiger partial charge in [0.05, 0.1) is 11.1 Å². The van der Waals surface area contributed by atoms with Gasteiger partial charge < -0.3 is 15.6 Å². The molecule has 2 aromatic carbocycles. The lowest BCUT2D eigenvalue weighted by Gasteiger charge is -2.07. The zero-order valence-electron chi connectivity index (χ0n) is 19.9. The van der Waals surface area contributed by atoms with Crippen LogP contribution in [0, 0.1) is 20.8 Å². The van der Waals surface area contributed by atoms with E-state index in [0.717, 1.165) is 52.2 Å². The number of hydroxylamine groups is 1. The van der Waals surface area contributed by atoms with Crippen LogP contribution in [0.15, 0.2) is 42.5 Å². The number of aryl methyl sites for hydroxylation is 3. The van der Waals surface area contributed by atoms with E-state index in [1.165, 1.54) is 0 Å². The number of carbonyl (C=O) groups is 3. The number of amides is 3. The number of benzene rings is 2. The average molecular weight is 473 g/mol. The third-order valence-electron chi connectivity index (χ3n) is 6.20. The van der Waals surface area contributed by atoms with Crippen molar-refractivity contribution in [1.29, 1.82) is 0 Å². The van der Waals surface area contributed by atoms with Gasteiger partial charge in [-0.25, -0.2) is 5.48 Å². The van der Waals surface area contributed by atoms with Gasteiger partial charge in [-0.3, -0.25) is 19.6 Å². The van der Waals surface area contributed by atoms with Crippen LogP contribution in [0.3, 0.4) is 0 Å². The number of nitrogens with one attached hydrogen (secondary N) is 4. The van der Waals surface area contributed by atoms with Crippen LogP contribution in [0.25, 0.3) is 11.6 Å². The fraction of sp³-hybridized carbons (Fsp3) is 0.222. The molecule has 4 rings (SSSR count). The van der Waals surface area contributed by atoms with Gasteiger partial charge in [0.15, 0.2) is 0 Å². The van der Waals surface area contributed by atoms with Crippen LogP contribution >= 0.6 is 0 Å². The molecule has 0 atom stereocenters. The number of rotatable bonds is 7. The number of anilines is 1. The van der Waals surface area contributed by atoms with E-state index in [1.807, 2.05) is 51.1 Å². The number of aromatic nitrogens is 1. The van der Waals surface area contributed by atoms with E-state index >= 15 is 0 Å². The summed E-state index contributed by atoms with van der Waals surface area (Å²) in [6.45, 7) is 6.20. The molecule has 0 unspecified atom stereocenters. The molecule has 8 heteroatoms. The fourth-order valence-corrected chi connectivity index (χ4v) is 4.32. The van der Waals surface area contributed by atoms with Crippen LogP contribution in [-0.4, -0.2) is 34.5 Å². The molecule has 5 N–H and O–H groups in total. The maximum absolute atomic E-state index is 12.9. The van der Waals surface area contributed by atoms with Crippen molar-refractivity contribution in [1.82, 2.24) is 15.8 Å². The Morgan fingerprint density at radius 2 is 1.77 bits per heavy atom. The molecular formula is C27H28N4O4. The monoisotopic (exact) mass is 472 g/mol. The van der Waals surface area contributed by atoms with Crippen molar-refractivity contribution in [3.05, 3.63) is 87.2 Å². The number of fused-ring (bicyclic) bond motifs is 1. The summed E-state index contributed by atoms with van der Waals surface area (Å²) in [5, 5.41) is 14.5. The van der Waals surface area contributed by atoms with E-state index < -0.39 is 5.91 Å². The molecule has 8 nitrogen and oxygen atoms in total. The summed E-state index contributed by atoms with van der Waals surface area (Å²) in [5.41, 5.74) is 9.15. The molecule has 0 bridgehead atoms. The molecule has 0 spiro atoms. The number of H-pyrrole nitrogens is 1. The summed E-state index contributed by atoms with van der Waals surface area (Å²) in [6, 6.07) is 12.8. The lowest BCUT2D eigenvalue weighted by Crippen LogP contribution is -2.25. The molecule has 1 aliphatic heterocycles. The Kier molecular flexibility index (Phi) is 6.84. The molecule has 3 aromatic rings. The predicted octanol–water partition coefficient (Wildman–Crippen LogP) is 3.91. The van der Waals surface area contributed by atoms with Crippen LogP contribution < -0.4 is 16.1 Å². The maximum atomic E-state index is 12.9. The van der Waals surface area contributed by atoms with Gasteiger partial charge in [0.2, 0.25) is 0 Å². The number of hydrogen-bond donors (Lipinski definition) is 5. The van der Waals surface area contributed by atoms with Crippen molar-refractivity contribution in [2.24, 2.45) is 0 Å². The molecule has 0 saturated carbocycles. The highest BCUT2D eigenvalue weighted by Gasteiger charge is 2.25. The second-order valence-electron chi connectivity index (χ2n) is 8.72. The molecule has 1 aromatic heterocycles. The molecule has 180 valence electrons. The van der Waals surface area contributed by atoms with Gasteiger partial charge in [0.1, 0.15) is 0 Å². The van der Waals surface area contributed by atoms with Crippen molar-refractivity contribution >= 4 is 35.1 Å². The van der Waals surface area contributed by atoms with Gasteiger partial charge in [0.25, 0.3) is 17.7 Å². The maximum Gasteiger partial charge on any atom is 0.274 e. The Bertz CT molecular complexity index is 1340. The Hall–Kier alpha value is -4.17. The number of hydrogen-bond acceptors (Lipinski definition) is 4. The SMILES string of the molecule is Cc1ccc2c(c1)/C(=C/c1[nH]c(C)c(C(=O)NCCCc3ccc(C(=O)NO)cc3)c1C)C(=O)N2. The summed E-state index contributed by atoms with van der Waals surface area (Å²) >= 11 is 0. The second kappa shape index (κ2) is 9.99. The van der Waals surface area contributed by atoms with Gasteiger partial charge in [-0.1, -0.05) is 23.8 Å². The fourth-order valence-electron chi connectivity index (χ4n) is 4.32. The van der Waals surface area contributed by atoms with E-state index in [1.54, 1.807) is 23.7 Å². The summed E-state index contributed by atoms with van der Waals surface area (Å²) in [4.78, 5) is 40.1. The first-order valence-electron chi connectivity index (χ1n) is 11.4. The predicted molar refractivity (Wildman–Crippen MR) is 134 cm³/mol. The topological polar surface area (TPSA) is 123 Å². The van der Waals surface area contributed by atoms with E-state index in [2.05, 4.69) is 15.6 Å². The van der Waals surface area contributed by atoms with E-state index in [0.29, 0.717) is 23.2 Å². The normalized spacial score (nSPS) is 13.5. The lowest BCUT2D eigenvalue weighted by atomic mass is 10.0. The molecule has 0 fully saturated rings. The molecule has 2 heterocycles. The van der Waals surface area contributed by atoms with Gasteiger partial charge >= 0.3 is 0 Å². The number of aromatic amines is 1.